The average molecular weight is 270 g/mol. The van der Waals surface area contributed by atoms with E-state index in [1.165, 1.54) is 6.07 Å². The van der Waals surface area contributed by atoms with E-state index >= 15 is 0 Å². The first-order chi connectivity index (χ1) is 9.84. The zero-order valence-electron chi connectivity index (χ0n) is 11.4. The van der Waals surface area contributed by atoms with Crippen LogP contribution in [0.1, 0.15) is 12.8 Å². The second-order valence-electron chi connectivity index (χ2n) is 5.17. The largest absolute Gasteiger partial charge is 0.338 e. The number of nitrogens with one attached hydrogen (secondary N) is 1. The fourth-order valence-corrected chi connectivity index (χ4v) is 2.85. The predicted octanol–water partition coefficient (Wildman–Crippen LogP) is 3.72. The zero-order chi connectivity index (χ0) is 13.8. The molecule has 0 spiro atoms. The third-order valence-electron chi connectivity index (χ3n) is 3.79. The molecule has 1 aliphatic heterocycles. The third-order valence-corrected chi connectivity index (χ3v) is 3.79. The van der Waals surface area contributed by atoms with Gasteiger partial charge in [-0.3, -0.25) is 0 Å². The second kappa shape index (κ2) is 6.06. The van der Waals surface area contributed by atoms with Crippen molar-refractivity contribution in [1.29, 1.82) is 0 Å². The van der Waals surface area contributed by atoms with Crippen LogP contribution >= 0.6 is 0 Å². The van der Waals surface area contributed by atoms with Gasteiger partial charge in [-0.05, 0) is 56.3 Å². The van der Waals surface area contributed by atoms with Gasteiger partial charge in [0.15, 0.2) is 0 Å². The number of hydrogen-bond donors (Lipinski definition) is 1. The molecule has 0 saturated carbocycles. The van der Waals surface area contributed by atoms with Crippen molar-refractivity contribution in [1.82, 2.24) is 5.32 Å². The Balaban J connectivity index is 1.98. The maximum atomic E-state index is 13.6. The fraction of sp³-hybridized carbons (Fsp3) is 0.294. The number of rotatable bonds is 3. The van der Waals surface area contributed by atoms with Gasteiger partial charge in [0.05, 0.1) is 0 Å². The highest BCUT2D eigenvalue weighted by Crippen LogP contribution is 2.31. The molecule has 20 heavy (non-hydrogen) atoms. The van der Waals surface area contributed by atoms with Crippen molar-refractivity contribution in [3.8, 4) is 0 Å². The van der Waals surface area contributed by atoms with Gasteiger partial charge in [0.1, 0.15) is 5.82 Å². The van der Waals surface area contributed by atoms with E-state index in [0.717, 1.165) is 37.3 Å². The van der Waals surface area contributed by atoms with Crippen molar-refractivity contribution in [3.63, 3.8) is 0 Å². The predicted molar refractivity (Wildman–Crippen MR) is 80.9 cm³/mol. The van der Waals surface area contributed by atoms with Gasteiger partial charge >= 0.3 is 0 Å². The molecule has 0 bridgehead atoms. The summed E-state index contributed by atoms with van der Waals surface area (Å²) in [6.07, 6.45) is 2.15. The molecule has 1 saturated heterocycles. The smallest absolute Gasteiger partial charge is 0.125 e. The molecule has 1 heterocycles. The summed E-state index contributed by atoms with van der Waals surface area (Å²) in [4.78, 5) is 2.27. The Morgan fingerprint density at radius 1 is 0.900 bits per heavy atom. The van der Waals surface area contributed by atoms with Gasteiger partial charge in [-0.1, -0.05) is 24.3 Å². The van der Waals surface area contributed by atoms with Crippen LogP contribution in [0.5, 0.6) is 0 Å². The average Bonchev–Trinajstić information content (AvgIpc) is 2.50. The van der Waals surface area contributed by atoms with Gasteiger partial charge in [-0.2, -0.15) is 0 Å². The highest BCUT2D eigenvalue weighted by molar-refractivity contribution is 5.64. The van der Waals surface area contributed by atoms with Crippen LogP contribution < -0.4 is 10.2 Å². The molecule has 0 amide bonds. The molecular weight excluding hydrogens is 251 g/mol. The standard InChI is InChI=1S/C17H19FN2/c18-14-5-4-8-17(13-14)20(15-6-2-1-3-7-15)16-9-11-19-12-10-16/h1-8,13,16,19H,9-12H2. The summed E-state index contributed by atoms with van der Waals surface area (Å²) < 4.78 is 13.6. The molecule has 0 aromatic heterocycles. The maximum Gasteiger partial charge on any atom is 0.125 e. The fourth-order valence-electron chi connectivity index (χ4n) is 2.85. The van der Waals surface area contributed by atoms with E-state index in [4.69, 9.17) is 0 Å². The molecular formula is C17H19FN2. The highest BCUT2D eigenvalue weighted by atomic mass is 19.1. The molecule has 0 radical (unpaired) electrons. The van der Waals surface area contributed by atoms with Crippen molar-refractivity contribution in [2.45, 2.75) is 18.9 Å². The molecule has 104 valence electrons. The minimum Gasteiger partial charge on any atom is -0.338 e. The van der Waals surface area contributed by atoms with E-state index in [-0.39, 0.29) is 5.82 Å². The number of para-hydroxylation sites is 1. The minimum absolute atomic E-state index is 0.183. The topological polar surface area (TPSA) is 15.3 Å². The van der Waals surface area contributed by atoms with Gasteiger partial charge in [-0.15, -0.1) is 0 Å². The summed E-state index contributed by atoms with van der Waals surface area (Å²) in [7, 11) is 0. The van der Waals surface area contributed by atoms with Crippen molar-refractivity contribution in [3.05, 3.63) is 60.4 Å². The summed E-state index contributed by atoms with van der Waals surface area (Å²) in [5.41, 5.74) is 2.06. The Bertz CT molecular complexity index is 550. The van der Waals surface area contributed by atoms with Crippen LogP contribution in [0.15, 0.2) is 54.6 Å². The summed E-state index contributed by atoms with van der Waals surface area (Å²) in [5, 5.41) is 3.38. The Morgan fingerprint density at radius 2 is 1.60 bits per heavy atom. The van der Waals surface area contributed by atoms with E-state index in [9.17, 15) is 4.39 Å². The zero-order valence-corrected chi connectivity index (χ0v) is 11.4. The van der Waals surface area contributed by atoms with Crippen molar-refractivity contribution >= 4 is 11.4 Å². The van der Waals surface area contributed by atoms with Crippen LogP contribution in [0.2, 0.25) is 0 Å². The summed E-state index contributed by atoms with van der Waals surface area (Å²) in [5.74, 6) is -0.183. The lowest BCUT2D eigenvalue weighted by Crippen LogP contribution is -2.40. The second-order valence-corrected chi connectivity index (χ2v) is 5.17. The normalized spacial score (nSPS) is 16.1. The SMILES string of the molecule is Fc1cccc(N(c2ccccc2)C2CCNCC2)c1. The number of nitrogens with zero attached hydrogens (tertiary/aromatic N) is 1. The van der Waals surface area contributed by atoms with Crippen LogP contribution in [0, 0.1) is 5.82 Å². The highest BCUT2D eigenvalue weighted by Gasteiger charge is 2.22. The third kappa shape index (κ3) is 2.83. The number of hydrogen-bond acceptors (Lipinski definition) is 2. The van der Waals surface area contributed by atoms with Crippen molar-refractivity contribution in [2.75, 3.05) is 18.0 Å². The Labute approximate surface area is 119 Å². The van der Waals surface area contributed by atoms with E-state index in [1.807, 2.05) is 24.3 Å². The number of piperidine rings is 1. The van der Waals surface area contributed by atoms with Gasteiger partial charge in [0, 0.05) is 17.4 Å². The number of benzene rings is 2. The van der Waals surface area contributed by atoms with Crippen molar-refractivity contribution < 1.29 is 4.39 Å². The molecule has 0 unspecified atom stereocenters. The Kier molecular flexibility index (Phi) is 3.97. The maximum absolute atomic E-state index is 13.6. The molecule has 2 aromatic carbocycles. The van der Waals surface area contributed by atoms with E-state index < -0.39 is 0 Å². The Hall–Kier alpha value is -1.87. The van der Waals surface area contributed by atoms with Crippen LogP contribution in [0.25, 0.3) is 0 Å². The first kappa shape index (κ1) is 13.1. The van der Waals surface area contributed by atoms with E-state index in [0.29, 0.717) is 6.04 Å². The number of anilines is 2. The molecule has 2 aromatic rings. The molecule has 0 atom stereocenters. The minimum atomic E-state index is -0.183. The van der Waals surface area contributed by atoms with Crippen LogP contribution in [0.3, 0.4) is 0 Å². The monoisotopic (exact) mass is 270 g/mol. The van der Waals surface area contributed by atoms with Gasteiger partial charge in [0.2, 0.25) is 0 Å². The molecule has 0 aliphatic carbocycles. The first-order valence-corrected chi connectivity index (χ1v) is 7.15. The summed E-state index contributed by atoms with van der Waals surface area (Å²) in [6.45, 7) is 2.03. The quantitative estimate of drug-likeness (QED) is 0.914. The summed E-state index contributed by atoms with van der Waals surface area (Å²) >= 11 is 0. The molecule has 3 rings (SSSR count). The van der Waals surface area contributed by atoms with E-state index in [2.05, 4.69) is 22.3 Å². The molecule has 1 fully saturated rings. The van der Waals surface area contributed by atoms with Crippen LogP contribution in [-0.2, 0) is 0 Å². The lowest BCUT2D eigenvalue weighted by atomic mass is 10.0. The van der Waals surface area contributed by atoms with Crippen LogP contribution in [-0.4, -0.2) is 19.1 Å². The van der Waals surface area contributed by atoms with E-state index in [1.54, 1.807) is 12.1 Å². The Morgan fingerprint density at radius 3 is 2.30 bits per heavy atom. The van der Waals surface area contributed by atoms with Crippen LogP contribution in [0.4, 0.5) is 15.8 Å². The first-order valence-electron chi connectivity index (χ1n) is 7.15. The molecule has 2 nitrogen and oxygen atoms in total. The lowest BCUT2D eigenvalue weighted by Gasteiger charge is -2.36. The molecule has 1 aliphatic rings. The summed E-state index contributed by atoms with van der Waals surface area (Å²) in [6, 6.07) is 17.5. The molecule has 1 N–H and O–H groups in total. The van der Waals surface area contributed by atoms with Gasteiger partial charge < -0.3 is 10.2 Å². The lowest BCUT2D eigenvalue weighted by molar-refractivity contribution is 0.451. The van der Waals surface area contributed by atoms with Crippen molar-refractivity contribution in [2.24, 2.45) is 0 Å². The van der Waals surface area contributed by atoms with Gasteiger partial charge in [-0.25, -0.2) is 4.39 Å². The van der Waals surface area contributed by atoms with Gasteiger partial charge in [0.25, 0.3) is 0 Å². The number of halogens is 1. The molecule has 3 heteroatoms.